The normalized spacial score (nSPS) is 14.1. The summed E-state index contributed by atoms with van der Waals surface area (Å²) in [4.78, 5) is 0. The van der Waals surface area contributed by atoms with Crippen LogP contribution in [0.25, 0.3) is 0 Å². The van der Waals surface area contributed by atoms with Crippen molar-refractivity contribution in [2.24, 2.45) is 0 Å². The van der Waals surface area contributed by atoms with E-state index in [1.807, 2.05) is 0 Å². The molecule has 158 valence electrons. The Balaban J connectivity index is 4.11. The molecule has 0 unspecified atom stereocenters. The molecule has 0 aliphatic rings. The topological polar surface area (TPSA) is 57.2 Å². The monoisotopic (exact) mass is 412 g/mol. The molecule has 0 aliphatic carbocycles. The molecule has 0 aliphatic heterocycles. The van der Waals surface area contributed by atoms with E-state index in [1.54, 1.807) is 0 Å². The van der Waals surface area contributed by atoms with Crippen LogP contribution in [0.15, 0.2) is 0 Å². The molecule has 0 atom stereocenters. The van der Waals surface area contributed by atoms with Crippen LogP contribution in [0.1, 0.15) is 0 Å². The largest absolute Gasteiger partial charge is 0.460 e. The summed E-state index contributed by atoms with van der Waals surface area (Å²) in [6.07, 6.45) is -13.0. The lowest BCUT2D eigenvalue weighted by molar-refractivity contribution is -0.444. The summed E-state index contributed by atoms with van der Waals surface area (Å²) in [6, 6.07) is 0. The van der Waals surface area contributed by atoms with E-state index in [4.69, 9.17) is 14.6 Å². The third-order valence-corrected chi connectivity index (χ3v) is 2.61. The van der Waals surface area contributed by atoms with Crippen molar-refractivity contribution in [1.82, 2.24) is 0 Å². The van der Waals surface area contributed by atoms with Gasteiger partial charge in [0.25, 0.3) is 0 Å². The van der Waals surface area contributed by atoms with Crippen LogP contribution in [0.5, 0.6) is 0 Å². The Morgan fingerprint density at radius 1 is 0.538 bits per heavy atom. The van der Waals surface area contributed by atoms with Crippen molar-refractivity contribution in [2.45, 2.75) is 24.1 Å². The van der Waals surface area contributed by atoms with E-state index in [-0.39, 0.29) is 39.6 Å². The highest BCUT2D eigenvalue weighted by Gasteiger charge is 2.82. The molecule has 5 nitrogen and oxygen atoms in total. The van der Waals surface area contributed by atoms with E-state index >= 15 is 0 Å². The fourth-order valence-electron chi connectivity index (χ4n) is 1.29. The van der Waals surface area contributed by atoms with E-state index in [1.165, 1.54) is 0 Å². The highest BCUT2D eigenvalue weighted by molar-refractivity contribution is 4.96. The lowest BCUT2D eigenvalue weighted by atomic mass is 10.1. The average molecular weight is 412 g/mol. The molecule has 0 bridgehead atoms. The van der Waals surface area contributed by atoms with Gasteiger partial charge < -0.3 is 24.1 Å². The van der Waals surface area contributed by atoms with Gasteiger partial charge in [-0.05, 0) is 0 Å². The maximum Gasteiger partial charge on any atom is 0.460 e. The lowest BCUT2D eigenvalue weighted by Crippen LogP contribution is -2.61. The Morgan fingerprint density at radius 3 is 1.31 bits per heavy atom. The number of halogens is 9. The first-order valence-electron chi connectivity index (χ1n) is 6.99. The standard InChI is InChI=1S/C12H17F9O5/c13-9(14,11(17,18)19)10(15,16)12(20,21)26-8-7-25-6-5-24-4-3-23-2-1-22/h22H,1-8H2. The highest BCUT2D eigenvalue weighted by Crippen LogP contribution is 2.53. The second-order valence-electron chi connectivity index (χ2n) is 4.57. The first-order valence-corrected chi connectivity index (χ1v) is 6.99. The van der Waals surface area contributed by atoms with Gasteiger partial charge in [-0.3, -0.25) is 0 Å². The van der Waals surface area contributed by atoms with Crippen molar-refractivity contribution < 1.29 is 63.6 Å². The van der Waals surface area contributed by atoms with Gasteiger partial charge in [0.2, 0.25) is 0 Å². The number of hydrogen-bond donors (Lipinski definition) is 1. The Labute approximate surface area is 141 Å². The summed E-state index contributed by atoms with van der Waals surface area (Å²) in [7, 11) is 0. The van der Waals surface area contributed by atoms with Crippen molar-refractivity contribution in [3.05, 3.63) is 0 Å². The number of aliphatic hydroxyl groups excluding tert-OH is 1. The van der Waals surface area contributed by atoms with Gasteiger partial charge in [0.15, 0.2) is 0 Å². The van der Waals surface area contributed by atoms with Crippen LogP contribution < -0.4 is 0 Å². The van der Waals surface area contributed by atoms with E-state index in [0.29, 0.717) is 0 Å². The van der Waals surface area contributed by atoms with Gasteiger partial charge in [0, 0.05) is 0 Å². The van der Waals surface area contributed by atoms with Crippen LogP contribution in [0.2, 0.25) is 0 Å². The average Bonchev–Trinajstić information content (AvgIpc) is 2.51. The molecule has 0 fully saturated rings. The van der Waals surface area contributed by atoms with Crippen molar-refractivity contribution >= 4 is 0 Å². The molecule has 0 saturated carbocycles. The van der Waals surface area contributed by atoms with Gasteiger partial charge >= 0.3 is 24.1 Å². The summed E-state index contributed by atoms with van der Waals surface area (Å²) in [5.41, 5.74) is 0. The van der Waals surface area contributed by atoms with Crippen LogP contribution in [-0.2, 0) is 18.9 Å². The Morgan fingerprint density at radius 2 is 0.923 bits per heavy atom. The molecule has 0 spiro atoms. The van der Waals surface area contributed by atoms with Gasteiger partial charge in [-0.25, -0.2) is 0 Å². The smallest absolute Gasteiger partial charge is 0.394 e. The van der Waals surface area contributed by atoms with Crippen molar-refractivity contribution in [1.29, 1.82) is 0 Å². The van der Waals surface area contributed by atoms with Gasteiger partial charge in [-0.15, -0.1) is 0 Å². The van der Waals surface area contributed by atoms with Crippen molar-refractivity contribution in [2.75, 3.05) is 52.9 Å². The minimum Gasteiger partial charge on any atom is -0.394 e. The molecule has 1 N–H and O–H groups in total. The minimum absolute atomic E-state index is 0.0683. The molecular formula is C12H17F9O5. The second kappa shape index (κ2) is 10.5. The maximum absolute atomic E-state index is 12.9. The fraction of sp³-hybridized carbons (Fsp3) is 1.00. The molecule has 0 aromatic carbocycles. The molecule has 0 saturated heterocycles. The number of aliphatic hydroxyl groups is 1. The first-order chi connectivity index (χ1) is 11.8. The molecule has 0 aromatic rings. The van der Waals surface area contributed by atoms with Crippen LogP contribution in [0, 0.1) is 0 Å². The van der Waals surface area contributed by atoms with Crippen molar-refractivity contribution in [3.8, 4) is 0 Å². The van der Waals surface area contributed by atoms with Crippen LogP contribution in [0.3, 0.4) is 0 Å². The van der Waals surface area contributed by atoms with Gasteiger partial charge in [0.1, 0.15) is 0 Å². The Hall–Kier alpha value is -0.830. The number of alkyl halides is 9. The summed E-state index contributed by atoms with van der Waals surface area (Å²) < 4.78 is 130. The first kappa shape index (κ1) is 25.2. The van der Waals surface area contributed by atoms with Crippen molar-refractivity contribution in [3.63, 3.8) is 0 Å². The summed E-state index contributed by atoms with van der Waals surface area (Å²) >= 11 is 0. The maximum atomic E-state index is 12.9. The van der Waals surface area contributed by atoms with Crippen LogP contribution >= 0.6 is 0 Å². The number of hydrogen-bond acceptors (Lipinski definition) is 5. The zero-order chi connectivity index (χ0) is 20.5. The molecule has 0 radical (unpaired) electrons. The van der Waals surface area contributed by atoms with Gasteiger partial charge in [0.05, 0.1) is 52.9 Å². The highest BCUT2D eigenvalue weighted by atomic mass is 19.4. The van der Waals surface area contributed by atoms with E-state index in [2.05, 4.69) is 9.47 Å². The molecule has 0 rings (SSSR count). The lowest BCUT2D eigenvalue weighted by Gasteiger charge is -2.32. The predicted molar refractivity (Wildman–Crippen MR) is 66.4 cm³/mol. The zero-order valence-corrected chi connectivity index (χ0v) is 13.1. The predicted octanol–water partition coefficient (Wildman–Crippen LogP) is 2.47. The molecule has 0 amide bonds. The van der Waals surface area contributed by atoms with E-state index < -0.39 is 37.3 Å². The molecule has 14 heteroatoms. The summed E-state index contributed by atoms with van der Waals surface area (Å²) in [5, 5.41) is 8.39. The van der Waals surface area contributed by atoms with Gasteiger partial charge in [-0.2, -0.15) is 39.5 Å². The molecule has 26 heavy (non-hydrogen) atoms. The summed E-state index contributed by atoms with van der Waals surface area (Å²) in [5.74, 6) is -13.8. The third kappa shape index (κ3) is 7.06. The van der Waals surface area contributed by atoms with E-state index in [0.717, 1.165) is 0 Å². The number of rotatable bonds is 14. The number of ether oxygens (including phenoxy) is 4. The van der Waals surface area contributed by atoms with Crippen LogP contribution in [-0.4, -0.2) is 82.1 Å². The second-order valence-corrected chi connectivity index (χ2v) is 4.57. The SMILES string of the molecule is OCCOCCOCCOCCOC(F)(F)C(F)(F)C(F)(F)C(F)(F)F. The third-order valence-electron chi connectivity index (χ3n) is 2.61. The van der Waals surface area contributed by atoms with E-state index in [9.17, 15) is 39.5 Å². The van der Waals surface area contributed by atoms with Gasteiger partial charge in [-0.1, -0.05) is 0 Å². The van der Waals surface area contributed by atoms with Crippen LogP contribution in [0.4, 0.5) is 39.5 Å². The minimum atomic E-state index is -6.99. The molecular weight excluding hydrogens is 395 g/mol. The fourth-order valence-corrected chi connectivity index (χ4v) is 1.29. The Kier molecular flexibility index (Phi) is 10.2. The quantitative estimate of drug-likeness (QED) is 0.351. The molecule has 0 heterocycles. The zero-order valence-electron chi connectivity index (χ0n) is 13.1. The Bertz CT molecular complexity index is 390. The molecule has 0 aromatic heterocycles. The summed E-state index contributed by atoms with van der Waals surface area (Å²) in [6.45, 7) is -2.25.